The minimum Gasteiger partial charge on any atom is -0.330 e. The van der Waals surface area contributed by atoms with Gasteiger partial charge in [0.05, 0.1) is 6.07 Å². The summed E-state index contributed by atoms with van der Waals surface area (Å²) in [4.78, 5) is 0. The number of nitrogens with two attached hydrogens (primary N) is 1. The topological polar surface area (TPSA) is 49.8 Å². The van der Waals surface area contributed by atoms with E-state index in [0.29, 0.717) is 12.3 Å². The van der Waals surface area contributed by atoms with Crippen LogP contribution in [0.1, 0.15) is 60.3 Å². The van der Waals surface area contributed by atoms with E-state index in [1.54, 1.807) is 0 Å². The van der Waals surface area contributed by atoms with Gasteiger partial charge >= 0.3 is 0 Å². The van der Waals surface area contributed by atoms with Crippen LogP contribution in [-0.4, -0.2) is 6.54 Å². The molecule has 2 N–H and O–H groups in total. The lowest BCUT2D eigenvalue weighted by Crippen LogP contribution is -2.00. The van der Waals surface area contributed by atoms with E-state index in [0.717, 1.165) is 19.4 Å². The van der Waals surface area contributed by atoms with Crippen LogP contribution in [-0.2, 0) is 0 Å². The molecule has 0 radical (unpaired) electrons. The first kappa shape index (κ1) is 19.1. The third-order valence-electron chi connectivity index (χ3n) is 1.59. The van der Waals surface area contributed by atoms with Gasteiger partial charge in [-0.25, -0.2) is 0 Å². The zero-order valence-electron chi connectivity index (χ0n) is 10.6. The summed E-state index contributed by atoms with van der Waals surface area (Å²) in [5, 5.41) is 8.32. The molecular weight excluding hydrogens is 172 g/mol. The van der Waals surface area contributed by atoms with Crippen molar-refractivity contribution in [2.45, 2.75) is 60.3 Å². The van der Waals surface area contributed by atoms with E-state index in [9.17, 15) is 0 Å². The Kier molecular flexibility index (Phi) is 31.2. The number of hydrogen-bond acceptors (Lipinski definition) is 2. The highest BCUT2D eigenvalue weighted by Gasteiger charge is 1.98. The van der Waals surface area contributed by atoms with Crippen LogP contribution >= 0.6 is 0 Å². The van der Waals surface area contributed by atoms with Gasteiger partial charge in [-0.2, -0.15) is 5.26 Å². The van der Waals surface area contributed by atoms with E-state index in [4.69, 9.17) is 11.0 Å². The smallest absolute Gasteiger partial charge is 0.0624 e. The standard InChI is InChI=1S/C8H16N2.2C2H6/c1-8(5-7-10)4-2-3-6-9;2*1-2/h8H,2-6,9H2,1H3;2*1-2H3. The molecule has 14 heavy (non-hydrogen) atoms. The summed E-state index contributed by atoms with van der Waals surface area (Å²) in [6, 6.07) is 2.16. The Morgan fingerprint density at radius 2 is 1.64 bits per heavy atom. The summed E-state index contributed by atoms with van der Waals surface area (Å²) in [5.41, 5.74) is 5.32. The van der Waals surface area contributed by atoms with Gasteiger partial charge < -0.3 is 5.73 Å². The van der Waals surface area contributed by atoms with Gasteiger partial charge in [0.25, 0.3) is 0 Å². The van der Waals surface area contributed by atoms with Crippen molar-refractivity contribution in [3.8, 4) is 6.07 Å². The van der Waals surface area contributed by atoms with Crippen molar-refractivity contribution >= 4 is 0 Å². The van der Waals surface area contributed by atoms with Gasteiger partial charge in [0.1, 0.15) is 0 Å². The van der Waals surface area contributed by atoms with Gasteiger partial charge in [-0.05, 0) is 25.3 Å². The predicted octanol–water partition coefficient (Wildman–Crippen LogP) is 3.72. The van der Waals surface area contributed by atoms with E-state index < -0.39 is 0 Å². The minimum absolute atomic E-state index is 0.552. The normalized spacial score (nSPS) is 9.79. The quantitative estimate of drug-likeness (QED) is 0.688. The number of nitriles is 1. The molecule has 0 aromatic heterocycles. The molecule has 1 unspecified atom stereocenters. The Hall–Kier alpha value is -0.550. The summed E-state index contributed by atoms with van der Waals surface area (Å²) in [7, 11) is 0. The largest absolute Gasteiger partial charge is 0.330 e. The summed E-state index contributed by atoms with van der Waals surface area (Å²) in [6.45, 7) is 10.9. The molecule has 0 saturated heterocycles. The van der Waals surface area contributed by atoms with Crippen LogP contribution in [0.4, 0.5) is 0 Å². The first-order valence-electron chi connectivity index (χ1n) is 5.88. The van der Waals surface area contributed by atoms with Crippen LogP contribution in [0.5, 0.6) is 0 Å². The third kappa shape index (κ3) is 22.5. The van der Waals surface area contributed by atoms with E-state index in [2.05, 4.69) is 13.0 Å². The van der Waals surface area contributed by atoms with Crippen molar-refractivity contribution in [2.24, 2.45) is 11.7 Å². The lowest BCUT2D eigenvalue weighted by Gasteiger charge is -2.04. The number of rotatable bonds is 5. The SMILES string of the molecule is CC.CC.CC(CC#N)CCCCN. The fourth-order valence-electron chi connectivity index (χ4n) is 0.895. The second-order valence-electron chi connectivity index (χ2n) is 2.75. The van der Waals surface area contributed by atoms with E-state index in [1.807, 2.05) is 27.7 Å². The fraction of sp³-hybridized carbons (Fsp3) is 0.917. The minimum atomic E-state index is 0.552. The van der Waals surface area contributed by atoms with Crippen molar-refractivity contribution in [2.75, 3.05) is 6.54 Å². The van der Waals surface area contributed by atoms with Crippen LogP contribution in [0.25, 0.3) is 0 Å². The van der Waals surface area contributed by atoms with Gasteiger partial charge in [-0.1, -0.05) is 41.0 Å². The molecule has 2 heteroatoms. The highest BCUT2D eigenvalue weighted by molar-refractivity contribution is 4.72. The maximum Gasteiger partial charge on any atom is 0.0624 e. The predicted molar refractivity (Wildman–Crippen MR) is 65.0 cm³/mol. The van der Waals surface area contributed by atoms with Crippen molar-refractivity contribution in [1.82, 2.24) is 0 Å². The molecule has 0 aromatic rings. The maximum atomic E-state index is 8.32. The van der Waals surface area contributed by atoms with Crippen molar-refractivity contribution in [3.05, 3.63) is 0 Å². The van der Waals surface area contributed by atoms with E-state index in [-0.39, 0.29) is 0 Å². The highest BCUT2D eigenvalue weighted by Crippen LogP contribution is 2.09. The highest BCUT2D eigenvalue weighted by atomic mass is 14.5. The molecule has 0 bridgehead atoms. The summed E-state index contributed by atoms with van der Waals surface area (Å²) >= 11 is 0. The van der Waals surface area contributed by atoms with Crippen LogP contribution in [0.15, 0.2) is 0 Å². The van der Waals surface area contributed by atoms with Crippen LogP contribution in [0.2, 0.25) is 0 Å². The summed E-state index contributed by atoms with van der Waals surface area (Å²) < 4.78 is 0. The summed E-state index contributed by atoms with van der Waals surface area (Å²) in [6.07, 6.45) is 4.09. The van der Waals surface area contributed by atoms with Gasteiger partial charge in [0.15, 0.2) is 0 Å². The molecule has 0 heterocycles. The zero-order chi connectivity index (χ0) is 11.8. The number of hydrogen-bond donors (Lipinski definition) is 1. The molecule has 0 aliphatic rings. The molecule has 0 aliphatic carbocycles. The summed E-state index contributed by atoms with van der Waals surface area (Å²) in [5.74, 6) is 0.552. The van der Waals surface area contributed by atoms with Crippen LogP contribution in [0.3, 0.4) is 0 Å². The molecule has 86 valence electrons. The first-order valence-corrected chi connectivity index (χ1v) is 5.88. The second kappa shape index (κ2) is 22.9. The molecule has 0 rings (SSSR count). The zero-order valence-corrected chi connectivity index (χ0v) is 10.6. The monoisotopic (exact) mass is 200 g/mol. The molecular formula is C12H28N2. The van der Waals surface area contributed by atoms with Gasteiger partial charge in [0, 0.05) is 6.42 Å². The van der Waals surface area contributed by atoms with Crippen molar-refractivity contribution < 1.29 is 0 Å². The van der Waals surface area contributed by atoms with E-state index in [1.165, 1.54) is 6.42 Å². The van der Waals surface area contributed by atoms with Crippen LogP contribution < -0.4 is 5.73 Å². The lowest BCUT2D eigenvalue weighted by molar-refractivity contribution is 0.510. The molecule has 0 fully saturated rings. The third-order valence-corrected chi connectivity index (χ3v) is 1.59. The Morgan fingerprint density at radius 1 is 1.14 bits per heavy atom. The first-order chi connectivity index (χ1) is 6.81. The van der Waals surface area contributed by atoms with Crippen LogP contribution in [0, 0.1) is 17.2 Å². The van der Waals surface area contributed by atoms with Crippen molar-refractivity contribution in [3.63, 3.8) is 0 Å². The Balaban J connectivity index is -0.000000266. The Labute approximate surface area is 90.5 Å². The van der Waals surface area contributed by atoms with Crippen molar-refractivity contribution in [1.29, 1.82) is 5.26 Å². The average molecular weight is 200 g/mol. The molecule has 1 atom stereocenters. The number of nitrogens with zero attached hydrogens (tertiary/aromatic N) is 1. The molecule has 0 aliphatic heterocycles. The molecule has 0 amide bonds. The van der Waals surface area contributed by atoms with E-state index >= 15 is 0 Å². The average Bonchev–Trinajstić information content (AvgIpc) is 2.25. The maximum absolute atomic E-state index is 8.32. The Bertz CT molecular complexity index is 105. The van der Waals surface area contributed by atoms with Gasteiger partial charge in [-0.15, -0.1) is 0 Å². The second-order valence-corrected chi connectivity index (χ2v) is 2.75. The molecule has 2 nitrogen and oxygen atoms in total. The molecule has 0 saturated carbocycles. The fourth-order valence-corrected chi connectivity index (χ4v) is 0.895. The number of unbranched alkanes of at least 4 members (excludes halogenated alkanes) is 1. The lowest BCUT2D eigenvalue weighted by atomic mass is 10.0. The van der Waals surface area contributed by atoms with Gasteiger partial charge in [-0.3, -0.25) is 0 Å². The Morgan fingerprint density at radius 3 is 2.00 bits per heavy atom. The van der Waals surface area contributed by atoms with Gasteiger partial charge in [0.2, 0.25) is 0 Å². The molecule has 0 spiro atoms. The molecule has 0 aromatic carbocycles.